The molecule has 0 saturated carbocycles. The summed E-state index contributed by atoms with van der Waals surface area (Å²) in [5.41, 5.74) is 6.30. The maximum absolute atomic E-state index is 12.2. The van der Waals surface area contributed by atoms with Crippen molar-refractivity contribution in [3.63, 3.8) is 0 Å². The first kappa shape index (κ1) is 14.6. The summed E-state index contributed by atoms with van der Waals surface area (Å²) < 4.78 is 38.4. The zero-order chi connectivity index (χ0) is 13.9. The Morgan fingerprint density at radius 2 is 2.00 bits per heavy atom. The average molecular weight is 302 g/mol. The van der Waals surface area contributed by atoms with Gasteiger partial charge < -0.3 is 5.73 Å². The molecule has 19 heavy (non-hydrogen) atoms. The van der Waals surface area contributed by atoms with Gasteiger partial charge in [0, 0.05) is 34.9 Å². The third-order valence-electron chi connectivity index (χ3n) is 3.15. The number of sulfonamides is 1. The van der Waals surface area contributed by atoms with Crippen molar-refractivity contribution in [1.82, 2.24) is 4.72 Å². The van der Waals surface area contributed by atoms with Crippen LogP contribution in [0.1, 0.15) is 18.4 Å². The zero-order valence-electron chi connectivity index (χ0n) is 10.5. The van der Waals surface area contributed by atoms with Crippen molar-refractivity contribution < 1.29 is 12.6 Å². The minimum Gasteiger partial charge on any atom is -0.326 e. The van der Waals surface area contributed by atoms with Gasteiger partial charge in [-0.25, -0.2) is 13.1 Å². The predicted octanol–water partition coefficient (Wildman–Crippen LogP) is 0.335. The Bertz CT molecular complexity index is 562. The van der Waals surface area contributed by atoms with Crippen LogP contribution in [0.15, 0.2) is 29.2 Å². The van der Waals surface area contributed by atoms with Gasteiger partial charge in [0.05, 0.1) is 4.90 Å². The summed E-state index contributed by atoms with van der Waals surface area (Å²) in [5.74, 6) is 1.13. The lowest BCUT2D eigenvalue weighted by Crippen LogP contribution is -2.39. The Labute approximate surface area is 116 Å². The van der Waals surface area contributed by atoms with Crippen molar-refractivity contribution in [2.75, 3.05) is 11.5 Å². The van der Waals surface area contributed by atoms with E-state index in [0.717, 1.165) is 5.56 Å². The molecule has 0 atom stereocenters. The molecule has 0 aliphatic carbocycles. The van der Waals surface area contributed by atoms with Gasteiger partial charge in [-0.15, -0.1) is 0 Å². The van der Waals surface area contributed by atoms with Crippen molar-refractivity contribution in [3.8, 4) is 0 Å². The SMILES string of the molecule is NCc1cccc(S(=O)(=O)NC2CCS(=O)CC2)c1. The number of hydrogen-bond acceptors (Lipinski definition) is 4. The first-order chi connectivity index (χ1) is 9.01. The lowest BCUT2D eigenvalue weighted by Gasteiger charge is -2.22. The number of nitrogens with one attached hydrogen (secondary N) is 1. The average Bonchev–Trinajstić information content (AvgIpc) is 2.41. The fraction of sp³-hybridized carbons (Fsp3) is 0.500. The Morgan fingerprint density at radius 3 is 2.63 bits per heavy atom. The lowest BCUT2D eigenvalue weighted by molar-refractivity contribution is 0.522. The van der Waals surface area contributed by atoms with Gasteiger partial charge >= 0.3 is 0 Å². The summed E-state index contributed by atoms with van der Waals surface area (Å²) in [6, 6.07) is 6.51. The van der Waals surface area contributed by atoms with Gasteiger partial charge in [-0.3, -0.25) is 4.21 Å². The maximum atomic E-state index is 12.2. The fourth-order valence-corrected chi connectivity index (χ4v) is 4.71. The second-order valence-electron chi connectivity index (χ2n) is 4.60. The highest BCUT2D eigenvalue weighted by molar-refractivity contribution is 7.89. The van der Waals surface area contributed by atoms with Gasteiger partial charge in [-0.1, -0.05) is 12.1 Å². The van der Waals surface area contributed by atoms with Crippen molar-refractivity contribution in [2.45, 2.75) is 30.3 Å². The fourth-order valence-electron chi connectivity index (χ4n) is 2.04. The van der Waals surface area contributed by atoms with E-state index >= 15 is 0 Å². The van der Waals surface area contributed by atoms with Crippen molar-refractivity contribution in [2.24, 2.45) is 5.73 Å². The summed E-state index contributed by atoms with van der Waals surface area (Å²) in [6.07, 6.45) is 1.25. The molecule has 0 bridgehead atoms. The van der Waals surface area contributed by atoms with E-state index in [-0.39, 0.29) is 10.9 Å². The molecule has 106 valence electrons. The second kappa shape index (κ2) is 6.13. The minimum absolute atomic E-state index is 0.121. The number of benzene rings is 1. The Balaban J connectivity index is 2.11. The number of rotatable bonds is 4. The molecular weight excluding hydrogens is 284 g/mol. The molecule has 5 nitrogen and oxygen atoms in total. The summed E-state index contributed by atoms with van der Waals surface area (Å²) in [6.45, 7) is 0.311. The van der Waals surface area contributed by atoms with E-state index in [2.05, 4.69) is 4.72 Å². The van der Waals surface area contributed by atoms with Crippen LogP contribution >= 0.6 is 0 Å². The summed E-state index contributed by atoms with van der Waals surface area (Å²) in [5, 5.41) is 0. The van der Waals surface area contributed by atoms with Gasteiger partial charge in [-0.2, -0.15) is 0 Å². The van der Waals surface area contributed by atoms with E-state index < -0.39 is 20.8 Å². The molecule has 1 aliphatic heterocycles. The van der Waals surface area contributed by atoms with Crippen LogP contribution in [0.5, 0.6) is 0 Å². The van der Waals surface area contributed by atoms with Crippen molar-refractivity contribution in [3.05, 3.63) is 29.8 Å². The molecule has 1 aromatic rings. The molecule has 1 heterocycles. The summed E-state index contributed by atoms with van der Waals surface area (Å²) in [4.78, 5) is 0.238. The highest BCUT2D eigenvalue weighted by atomic mass is 32.2. The largest absolute Gasteiger partial charge is 0.326 e. The Morgan fingerprint density at radius 1 is 1.32 bits per heavy atom. The quantitative estimate of drug-likeness (QED) is 0.839. The Kier molecular flexibility index (Phi) is 4.72. The molecule has 0 spiro atoms. The van der Waals surface area contributed by atoms with Crippen molar-refractivity contribution in [1.29, 1.82) is 0 Å². The van der Waals surface area contributed by atoms with Crippen LogP contribution in [0.25, 0.3) is 0 Å². The molecule has 1 aromatic carbocycles. The van der Waals surface area contributed by atoms with E-state index in [9.17, 15) is 12.6 Å². The number of hydrogen-bond donors (Lipinski definition) is 2. The summed E-state index contributed by atoms with van der Waals surface area (Å²) >= 11 is 0. The van der Waals surface area contributed by atoms with E-state index in [4.69, 9.17) is 5.73 Å². The van der Waals surface area contributed by atoms with Crippen LogP contribution < -0.4 is 10.5 Å². The van der Waals surface area contributed by atoms with Gasteiger partial charge in [0.2, 0.25) is 10.0 Å². The molecule has 0 amide bonds. The maximum Gasteiger partial charge on any atom is 0.240 e. The zero-order valence-corrected chi connectivity index (χ0v) is 12.2. The van der Waals surface area contributed by atoms with Crippen LogP contribution in [0.2, 0.25) is 0 Å². The third kappa shape index (κ3) is 3.85. The van der Waals surface area contributed by atoms with Crippen molar-refractivity contribution >= 4 is 20.8 Å². The molecule has 3 N–H and O–H groups in total. The molecule has 0 aromatic heterocycles. The van der Waals surface area contributed by atoms with Crippen LogP contribution in [-0.4, -0.2) is 30.2 Å². The number of nitrogens with two attached hydrogens (primary N) is 1. The molecule has 0 unspecified atom stereocenters. The standard InChI is InChI=1S/C12H18N2O3S2/c13-9-10-2-1-3-12(8-10)19(16,17)14-11-4-6-18(15)7-5-11/h1-3,8,11,14H,4-7,9,13H2. The molecule has 7 heteroatoms. The van der Waals surface area contributed by atoms with Gasteiger partial charge in [-0.05, 0) is 30.5 Å². The summed E-state index contributed by atoms with van der Waals surface area (Å²) in [7, 11) is -4.30. The molecule has 1 fully saturated rings. The highest BCUT2D eigenvalue weighted by Gasteiger charge is 2.24. The van der Waals surface area contributed by atoms with Gasteiger partial charge in [0.15, 0.2) is 0 Å². The second-order valence-corrected chi connectivity index (χ2v) is 8.01. The van der Waals surface area contributed by atoms with E-state index in [1.165, 1.54) is 0 Å². The molecule has 1 aliphatic rings. The van der Waals surface area contributed by atoms with Crippen LogP contribution in [-0.2, 0) is 27.4 Å². The first-order valence-corrected chi connectivity index (χ1v) is 9.15. The topological polar surface area (TPSA) is 89.3 Å². The van der Waals surface area contributed by atoms with E-state index in [1.807, 2.05) is 0 Å². The van der Waals surface area contributed by atoms with Crippen LogP contribution in [0.3, 0.4) is 0 Å². The normalized spacial score (nSPS) is 24.3. The van der Waals surface area contributed by atoms with E-state index in [0.29, 0.717) is 30.9 Å². The lowest BCUT2D eigenvalue weighted by atomic mass is 10.2. The molecule has 0 radical (unpaired) electrons. The molecule has 2 rings (SSSR count). The predicted molar refractivity (Wildman–Crippen MR) is 75.6 cm³/mol. The smallest absolute Gasteiger partial charge is 0.240 e. The van der Waals surface area contributed by atoms with E-state index in [1.54, 1.807) is 24.3 Å². The third-order valence-corrected chi connectivity index (χ3v) is 6.05. The monoisotopic (exact) mass is 302 g/mol. The molecular formula is C12H18N2O3S2. The first-order valence-electron chi connectivity index (χ1n) is 6.17. The Hall–Kier alpha value is -0.760. The van der Waals surface area contributed by atoms with Crippen LogP contribution in [0, 0.1) is 0 Å². The minimum atomic E-state index is -3.51. The molecule has 1 saturated heterocycles. The van der Waals surface area contributed by atoms with Crippen LogP contribution in [0.4, 0.5) is 0 Å². The highest BCUT2D eigenvalue weighted by Crippen LogP contribution is 2.15. The van der Waals surface area contributed by atoms with Gasteiger partial charge in [0.25, 0.3) is 0 Å². The van der Waals surface area contributed by atoms with Gasteiger partial charge in [0.1, 0.15) is 0 Å².